The molecule has 0 heterocycles. The van der Waals surface area contributed by atoms with Crippen molar-refractivity contribution in [2.45, 2.75) is 26.3 Å². The van der Waals surface area contributed by atoms with Crippen LogP contribution < -0.4 is 10.6 Å². The summed E-state index contributed by atoms with van der Waals surface area (Å²) in [6.07, 6.45) is 0.729. The summed E-state index contributed by atoms with van der Waals surface area (Å²) in [6.45, 7) is 4.13. The van der Waals surface area contributed by atoms with Crippen molar-refractivity contribution in [3.05, 3.63) is 65.7 Å². The molecule has 0 radical (unpaired) electrons. The van der Waals surface area contributed by atoms with E-state index in [9.17, 15) is 9.59 Å². The molecule has 0 aliphatic carbocycles. The highest BCUT2D eigenvalue weighted by molar-refractivity contribution is 6.39. The number of rotatable bonds is 5. The number of carbonyl (C=O) groups excluding carboxylic acids is 2. The normalized spacial score (nSPS) is 11.4. The zero-order valence-electron chi connectivity index (χ0n) is 14.3. The van der Waals surface area contributed by atoms with Crippen LogP contribution in [0.25, 0.3) is 0 Å². The summed E-state index contributed by atoms with van der Waals surface area (Å²) in [5.74, 6) is -1.09. The highest BCUT2D eigenvalue weighted by Crippen LogP contribution is 2.21. The Hall–Kier alpha value is -3.13. The molecule has 0 saturated heterocycles. The van der Waals surface area contributed by atoms with Crippen molar-refractivity contribution < 1.29 is 9.59 Å². The Labute approximate surface area is 147 Å². The van der Waals surface area contributed by atoms with E-state index in [2.05, 4.69) is 24.5 Å². The van der Waals surface area contributed by atoms with Gasteiger partial charge in [-0.1, -0.05) is 50.2 Å². The Balaban J connectivity index is 2.06. The Morgan fingerprint density at radius 2 is 1.76 bits per heavy atom. The lowest BCUT2D eigenvalue weighted by Crippen LogP contribution is -2.38. The molecule has 5 nitrogen and oxygen atoms in total. The molecule has 0 aliphatic heterocycles. The third-order valence-electron chi connectivity index (χ3n) is 3.67. The minimum Gasteiger partial charge on any atom is -0.341 e. The quantitative estimate of drug-likeness (QED) is 0.822. The molecular weight excluding hydrogens is 314 g/mol. The van der Waals surface area contributed by atoms with Gasteiger partial charge in [-0.25, -0.2) is 0 Å². The molecule has 0 aromatic heterocycles. The molecule has 0 unspecified atom stereocenters. The molecule has 0 bridgehead atoms. The second-order valence-electron chi connectivity index (χ2n) is 6.21. The SMILES string of the molecule is CC(C)C[C@@H](NC(=O)C(=O)Nc1cccc(C#N)c1)c1ccccc1. The average Bonchev–Trinajstić information content (AvgIpc) is 2.61. The van der Waals surface area contributed by atoms with Gasteiger partial charge in [-0.15, -0.1) is 0 Å². The van der Waals surface area contributed by atoms with E-state index in [4.69, 9.17) is 5.26 Å². The summed E-state index contributed by atoms with van der Waals surface area (Å²) in [5, 5.41) is 14.2. The second-order valence-corrected chi connectivity index (χ2v) is 6.21. The van der Waals surface area contributed by atoms with Crippen LogP contribution in [0.5, 0.6) is 0 Å². The van der Waals surface area contributed by atoms with Crippen LogP contribution in [-0.2, 0) is 9.59 Å². The van der Waals surface area contributed by atoms with Crippen molar-refractivity contribution >= 4 is 17.5 Å². The van der Waals surface area contributed by atoms with E-state index in [-0.39, 0.29) is 6.04 Å². The molecule has 2 amide bonds. The van der Waals surface area contributed by atoms with Gasteiger partial charge in [0.05, 0.1) is 17.7 Å². The predicted molar refractivity (Wildman–Crippen MR) is 96.6 cm³/mol. The van der Waals surface area contributed by atoms with E-state index in [1.54, 1.807) is 18.2 Å². The van der Waals surface area contributed by atoms with Crippen molar-refractivity contribution in [3.63, 3.8) is 0 Å². The number of hydrogen-bond acceptors (Lipinski definition) is 3. The zero-order chi connectivity index (χ0) is 18.2. The van der Waals surface area contributed by atoms with E-state index >= 15 is 0 Å². The molecule has 0 saturated carbocycles. The minimum atomic E-state index is -0.750. The van der Waals surface area contributed by atoms with Crippen LogP contribution in [-0.4, -0.2) is 11.8 Å². The molecule has 2 N–H and O–H groups in total. The molecular formula is C20H21N3O2. The number of carbonyl (C=O) groups is 2. The van der Waals surface area contributed by atoms with Crippen molar-refractivity contribution in [1.29, 1.82) is 5.26 Å². The van der Waals surface area contributed by atoms with Crippen LogP contribution in [0.3, 0.4) is 0 Å². The Morgan fingerprint density at radius 1 is 1.04 bits per heavy atom. The van der Waals surface area contributed by atoms with Gasteiger partial charge in [-0.05, 0) is 36.1 Å². The van der Waals surface area contributed by atoms with Crippen molar-refractivity contribution in [2.24, 2.45) is 5.92 Å². The first-order valence-corrected chi connectivity index (χ1v) is 8.16. The van der Waals surface area contributed by atoms with Gasteiger partial charge in [0.1, 0.15) is 0 Å². The lowest BCUT2D eigenvalue weighted by molar-refractivity contribution is -0.136. The van der Waals surface area contributed by atoms with Gasteiger partial charge >= 0.3 is 11.8 Å². The van der Waals surface area contributed by atoms with Crippen LogP contribution >= 0.6 is 0 Å². The highest BCUT2D eigenvalue weighted by Gasteiger charge is 2.21. The Bertz CT molecular complexity index is 779. The van der Waals surface area contributed by atoms with E-state index < -0.39 is 11.8 Å². The molecule has 1 atom stereocenters. The highest BCUT2D eigenvalue weighted by atomic mass is 16.2. The van der Waals surface area contributed by atoms with Crippen LogP contribution in [0.4, 0.5) is 5.69 Å². The van der Waals surface area contributed by atoms with Gasteiger partial charge in [0.15, 0.2) is 0 Å². The Kier molecular flexibility index (Phi) is 6.30. The van der Waals surface area contributed by atoms with Gasteiger partial charge < -0.3 is 10.6 Å². The number of benzene rings is 2. The molecule has 0 aliphatic rings. The first-order chi connectivity index (χ1) is 12.0. The van der Waals surface area contributed by atoms with Gasteiger partial charge in [-0.3, -0.25) is 9.59 Å². The Morgan fingerprint density at radius 3 is 2.40 bits per heavy atom. The van der Waals surface area contributed by atoms with E-state index in [1.807, 2.05) is 36.4 Å². The molecule has 2 aromatic rings. The molecule has 0 fully saturated rings. The van der Waals surface area contributed by atoms with Gasteiger partial charge in [0, 0.05) is 5.69 Å². The molecule has 2 rings (SSSR count). The van der Waals surface area contributed by atoms with E-state index in [1.165, 1.54) is 6.07 Å². The maximum Gasteiger partial charge on any atom is 0.313 e. The molecule has 5 heteroatoms. The third-order valence-corrected chi connectivity index (χ3v) is 3.67. The summed E-state index contributed by atoms with van der Waals surface area (Å²) in [5.41, 5.74) is 1.79. The topological polar surface area (TPSA) is 82.0 Å². The van der Waals surface area contributed by atoms with Crippen LogP contribution in [0.2, 0.25) is 0 Å². The van der Waals surface area contributed by atoms with Gasteiger partial charge in [0.2, 0.25) is 0 Å². The van der Waals surface area contributed by atoms with E-state index in [0.717, 1.165) is 12.0 Å². The fourth-order valence-corrected chi connectivity index (χ4v) is 2.51. The smallest absolute Gasteiger partial charge is 0.313 e. The zero-order valence-corrected chi connectivity index (χ0v) is 14.3. The summed E-state index contributed by atoms with van der Waals surface area (Å²) >= 11 is 0. The number of anilines is 1. The van der Waals surface area contributed by atoms with Crippen molar-refractivity contribution in [1.82, 2.24) is 5.32 Å². The maximum atomic E-state index is 12.3. The number of nitriles is 1. The summed E-state index contributed by atoms with van der Waals surface area (Å²) in [7, 11) is 0. The van der Waals surface area contributed by atoms with Crippen LogP contribution in [0.1, 0.15) is 37.4 Å². The van der Waals surface area contributed by atoms with Gasteiger partial charge in [-0.2, -0.15) is 5.26 Å². The summed E-state index contributed by atoms with van der Waals surface area (Å²) in [6, 6.07) is 17.8. The first-order valence-electron chi connectivity index (χ1n) is 8.16. The molecule has 0 spiro atoms. The first kappa shape index (κ1) is 18.2. The second kappa shape index (κ2) is 8.65. The standard InChI is InChI=1S/C20H21N3O2/c1-14(2)11-18(16-8-4-3-5-9-16)23-20(25)19(24)22-17-10-6-7-15(12-17)13-21/h3-10,12,14,18H,11H2,1-2H3,(H,22,24)(H,23,25)/t18-/m1/s1. The van der Waals surface area contributed by atoms with Crippen LogP contribution in [0.15, 0.2) is 54.6 Å². The number of hydrogen-bond donors (Lipinski definition) is 2. The molecule has 2 aromatic carbocycles. The fourth-order valence-electron chi connectivity index (χ4n) is 2.51. The predicted octanol–water partition coefficient (Wildman–Crippen LogP) is 3.40. The number of nitrogens with zero attached hydrogens (tertiary/aromatic N) is 1. The monoisotopic (exact) mass is 335 g/mol. The summed E-state index contributed by atoms with van der Waals surface area (Å²) in [4.78, 5) is 24.4. The van der Waals surface area contributed by atoms with E-state index in [0.29, 0.717) is 17.2 Å². The molecule has 25 heavy (non-hydrogen) atoms. The fraction of sp³-hybridized carbons (Fsp3) is 0.250. The maximum absolute atomic E-state index is 12.3. The van der Waals surface area contributed by atoms with Crippen molar-refractivity contribution in [3.8, 4) is 6.07 Å². The van der Waals surface area contributed by atoms with Gasteiger partial charge in [0.25, 0.3) is 0 Å². The molecule has 128 valence electrons. The average molecular weight is 335 g/mol. The largest absolute Gasteiger partial charge is 0.341 e. The summed E-state index contributed by atoms with van der Waals surface area (Å²) < 4.78 is 0. The number of nitrogens with one attached hydrogen (secondary N) is 2. The number of amides is 2. The minimum absolute atomic E-state index is 0.232. The lowest BCUT2D eigenvalue weighted by Gasteiger charge is -2.21. The third kappa shape index (κ3) is 5.47. The lowest BCUT2D eigenvalue weighted by atomic mass is 9.97. The van der Waals surface area contributed by atoms with Crippen molar-refractivity contribution in [2.75, 3.05) is 5.32 Å². The van der Waals surface area contributed by atoms with Crippen LogP contribution in [0, 0.1) is 17.2 Å².